The molecule has 0 fully saturated rings. The standard InChI is InChI=1S/C26H24BrN5OS/c1-17-7-11-20(12-8-17)25-30-31-26(32(25)23-13-9-18(2)10-14-23)34-16-24(33)29-28-19(3)21-5-4-6-22(27)15-21/h4-15H,16H2,1-3H3,(H,29,33)/b28-19-. The van der Waals surface area contributed by atoms with Crippen molar-refractivity contribution in [2.24, 2.45) is 5.10 Å². The molecule has 0 atom stereocenters. The van der Waals surface area contributed by atoms with Gasteiger partial charge < -0.3 is 0 Å². The van der Waals surface area contributed by atoms with Crippen LogP contribution in [0.3, 0.4) is 0 Å². The quantitative estimate of drug-likeness (QED) is 0.181. The summed E-state index contributed by atoms with van der Waals surface area (Å²) in [7, 11) is 0. The number of hydrogen-bond acceptors (Lipinski definition) is 5. The van der Waals surface area contributed by atoms with E-state index in [-0.39, 0.29) is 11.7 Å². The highest BCUT2D eigenvalue weighted by atomic mass is 79.9. The number of aryl methyl sites for hydroxylation is 2. The van der Waals surface area contributed by atoms with E-state index in [4.69, 9.17) is 0 Å². The van der Waals surface area contributed by atoms with Gasteiger partial charge in [0.05, 0.1) is 11.5 Å². The summed E-state index contributed by atoms with van der Waals surface area (Å²) in [5, 5.41) is 13.7. The normalized spacial score (nSPS) is 11.5. The molecule has 0 saturated carbocycles. The third-order valence-electron chi connectivity index (χ3n) is 5.16. The lowest BCUT2D eigenvalue weighted by molar-refractivity contribution is -0.118. The maximum absolute atomic E-state index is 12.5. The second kappa shape index (κ2) is 10.8. The Morgan fingerprint density at radius 1 is 1.00 bits per heavy atom. The summed E-state index contributed by atoms with van der Waals surface area (Å²) in [5.74, 6) is 0.678. The maximum Gasteiger partial charge on any atom is 0.250 e. The fourth-order valence-electron chi connectivity index (χ4n) is 3.27. The summed E-state index contributed by atoms with van der Waals surface area (Å²) in [6.45, 7) is 5.96. The molecular formula is C26H24BrN5OS. The molecule has 1 N–H and O–H groups in total. The highest BCUT2D eigenvalue weighted by Crippen LogP contribution is 2.28. The molecule has 3 aromatic carbocycles. The predicted octanol–water partition coefficient (Wildman–Crippen LogP) is 5.95. The Labute approximate surface area is 211 Å². The predicted molar refractivity (Wildman–Crippen MR) is 141 cm³/mol. The van der Waals surface area contributed by atoms with Gasteiger partial charge in [-0.05, 0) is 50.6 Å². The summed E-state index contributed by atoms with van der Waals surface area (Å²) < 4.78 is 2.94. The van der Waals surface area contributed by atoms with Crippen LogP contribution in [0.1, 0.15) is 23.6 Å². The van der Waals surface area contributed by atoms with Crippen molar-refractivity contribution in [1.82, 2.24) is 20.2 Å². The van der Waals surface area contributed by atoms with E-state index in [1.165, 1.54) is 22.9 Å². The number of nitrogens with zero attached hydrogens (tertiary/aromatic N) is 4. The van der Waals surface area contributed by atoms with Gasteiger partial charge in [-0.2, -0.15) is 5.10 Å². The van der Waals surface area contributed by atoms with E-state index >= 15 is 0 Å². The number of aromatic nitrogens is 3. The molecule has 0 radical (unpaired) electrons. The van der Waals surface area contributed by atoms with Crippen LogP contribution in [0.5, 0.6) is 0 Å². The molecule has 1 aromatic heterocycles. The monoisotopic (exact) mass is 533 g/mol. The number of thioether (sulfide) groups is 1. The Kier molecular flexibility index (Phi) is 7.59. The lowest BCUT2D eigenvalue weighted by atomic mass is 10.1. The summed E-state index contributed by atoms with van der Waals surface area (Å²) in [5.41, 5.74) is 8.55. The van der Waals surface area contributed by atoms with E-state index < -0.39 is 0 Å². The average Bonchev–Trinajstić information content (AvgIpc) is 3.26. The Hall–Kier alpha value is -3.23. The number of benzene rings is 3. The first kappa shape index (κ1) is 23.9. The second-order valence-electron chi connectivity index (χ2n) is 7.87. The number of halogens is 1. The molecule has 0 spiro atoms. The van der Waals surface area contributed by atoms with E-state index in [9.17, 15) is 4.79 Å². The minimum atomic E-state index is -0.213. The van der Waals surface area contributed by atoms with Gasteiger partial charge in [0.1, 0.15) is 0 Å². The molecule has 172 valence electrons. The van der Waals surface area contributed by atoms with Crippen LogP contribution in [0.2, 0.25) is 0 Å². The number of nitrogens with one attached hydrogen (secondary N) is 1. The molecule has 34 heavy (non-hydrogen) atoms. The fraction of sp³-hybridized carbons (Fsp3) is 0.154. The molecule has 0 aliphatic carbocycles. The summed E-state index contributed by atoms with van der Waals surface area (Å²) in [4.78, 5) is 12.5. The van der Waals surface area contributed by atoms with Gasteiger partial charge in [0.2, 0.25) is 0 Å². The first-order valence-electron chi connectivity index (χ1n) is 10.7. The fourth-order valence-corrected chi connectivity index (χ4v) is 4.41. The maximum atomic E-state index is 12.5. The van der Waals surface area contributed by atoms with Gasteiger partial charge in [-0.1, -0.05) is 87.3 Å². The van der Waals surface area contributed by atoms with E-state index in [0.717, 1.165) is 32.8 Å². The third-order valence-corrected chi connectivity index (χ3v) is 6.58. The minimum absolute atomic E-state index is 0.160. The Morgan fingerprint density at radius 3 is 2.35 bits per heavy atom. The van der Waals surface area contributed by atoms with Crippen LogP contribution in [0.4, 0.5) is 0 Å². The van der Waals surface area contributed by atoms with Crippen molar-refractivity contribution in [2.45, 2.75) is 25.9 Å². The number of hydrogen-bond donors (Lipinski definition) is 1. The third kappa shape index (κ3) is 5.81. The average molecular weight is 534 g/mol. The van der Waals surface area contributed by atoms with Crippen molar-refractivity contribution in [2.75, 3.05) is 5.75 Å². The molecule has 0 aliphatic rings. The van der Waals surface area contributed by atoms with Crippen LogP contribution < -0.4 is 5.43 Å². The van der Waals surface area contributed by atoms with Crippen molar-refractivity contribution in [3.63, 3.8) is 0 Å². The van der Waals surface area contributed by atoms with Crippen molar-refractivity contribution in [3.8, 4) is 17.1 Å². The number of hydrazone groups is 1. The molecule has 0 unspecified atom stereocenters. The van der Waals surface area contributed by atoms with Crippen LogP contribution in [0.25, 0.3) is 17.1 Å². The molecule has 0 aliphatic heterocycles. The first-order valence-corrected chi connectivity index (χ1v) is 12.5. The highest BCUT2D eigenvalue weighted by Gasteiger charge is 2.17. The van der Waals surface area contributed by atoms with Crippen LogP contribution in [0, 0.1) is 13.8 Å². The van der Waals surface area contributed by atoms with E-state index in [2.05, 4.69) is 67.8 Å². The molecular weight excluding hydrogens is 510 g/mol. The van der Waals surface area contributed by atoms with Gasteiger partial charge in [0, 0.05) is 15.7 Å². The number of amides is 1. The van der Waals surface area contributed by atoms with Crippen LogP contribution in [-0.2, 0) is 4.79 Å². The van der Waals surface area contributed by atoms with Crippen LogP contribution in [0.15, 0.2) is 87.5 Å². The molecule has 1 amide bonds. The smallest absolute Gasteiger partial charge is 0.250 e. The van der Waals surface area contributed by atoms with E-state index in [1.807, 2.05) is 66.9 Å². The second-order valence-corrected chi connectivity index (χ2v) is 9.73. The van der Waals surface area contributed by atoms with Crippen molar-refractivity contribution >= 4 is 39.3 Å². The molecule has 1 heterocycles. The summed E-state index contributed by atoms with van der Waals surface area (Å²) in [6.07, 6.45) is 0. The molecule has 0 bridgehead atoms. The van der Waals surface area contributed by atoms with Gasteiger partial charge in [-0.3, -0.25) is 9.36 Å². The van der Waals surface area contributed by atoms with E-state index in [0.29, 0.717) is 5.16 Å². The van der Waals surface area contributed by atoms with Gasteiger partial charge in [-0.25, -0.2) is 5.43 Å². The molecule has 8 heteroatoms. The number of carbonyl (C=O) groups excluding carboxylic acids is 1. The SMILES string of the molecule is C/C(=N/NC(=O)CSc1nnc(-c2ccc(C)cc2)n1-c1ccc(C)cc1)c1cccc(Br)c1. The number of rotatable bonds is 7. The summed E-state index contributed by atoms with van der Waals surface area (Å²) in [6, 6.07) is 24.1. The van der Waals surface area contributed by atoms with Gasteiger partial charge in [0.15, 0.2) is 11.0 Å². The summed E-state index contributed by atoms with van der Waals surface area (Å²) >= 11 is 4.78. The first-order chi connectivity index (χ1) is 16.4. The van der Waals surface area contributed by atoms with Crippen LogP contribution in [-0.4, -0.2) is 32.1 Å². The zero-order chi connectivity index (χ0) is 24.1. The van der Waals surface area contributed by atoms with Crippen molar-refractivity contribution < 1.29 is 4.79 Å². The minimum Gasteiger partial charge on any atom is -0.272 e. The van der Waals surface area contributed by atoms with Gasteiger partial charge >= 0.3 is 0 Å². The Morgan fingerprint density at radius 2 is 1.68 bits per heavy atom. The van der Waals surface area contributed by atoms with E-state index in [1.54, 1.807) is 0 Å². The molecule has 0 saturated heterocycles. The zero-order valence-corrected chi connectivity index (χ0v) is 21.5. The molecule has 4 aromatic rings. The van der Waals surface area contributed by atoms with Gasteiger partial charge in [0.25, 0.3) is 5.91 Å². The van der Waals surface area contributed by atoms with Crippen LogP contribution >= 0.6 is 27.7 Å². The van der Waals surface area contributed by atoms with Gasteiger partial charge in [-0.15, -0.1) is 10.2 Å². The zero-order valence-electron chi connectivity index (χ0n) is 19.1. The Balaban J connectivity index is 1.53. The molecule has 6 nitrogen and oxygen atoms in total. The largest absolute Gasteiger partial charge is 0.272 e. The lowest BCUT2D eigenvalue weighted by Crippen LogP contribution is -2.21. The topological polar surface area (TPSA) is 72.2 Å². The number of carbonyl (C=O) groups is 1. The lowest BCUT2D eigenvalue weighted by Gasteiger charge is -2.11. The Bertz CT molecular complexity index is 1330. The highest BCUT2D eigenvalue weighted by molar-refractivity contribution is 9.10. The molecule has 4 rings (SSSR count). The van der Waals surface area contributed by atoms with Crippen molar-refractivity contribution in [3.05, 3.63) is 94.0 Å². The van der Waals surface area contributed by atoms with Crippen molar-refractivity contribution in [1.29, 1.82) is 0 Å².